The first-order valence-corrected chi connectivity index (χ1v) is 21.1. The van der Waals surface area contributed by atoms with Crippen molar-refractivity contribution >= 4 is 50.3 Å². The van der Waals surface area contributed by atoms with Crippen LogP contribution < -0.4 is 20.4 Å². The molecular weight excluding hydrogens is 762 g/mol. The van der Waals surface area contributed by atoms with E-state index in [1.54, 1.807) is 18.2 Å². The number of imide groups is 1. The fraction of sp³-hybridized carbons (Fsp3) is 0.513. The quantitative estimate of drug-likeness (QED) is 0.232. The van der Waals surface area contributed by atoms with Crippen molar-refractivity contribution in [1.29, 1.82) is 0 Å². The second kappa shape index (κ2) is 15.9. The normalized spacial score (nSPS) is 20.4. The number of fused-ring (bicyclic) bond motifs is 1. The molecule has 4 aromatic rings. The van der Waals surface area contributed by atoms with Crippen LogP contribution in [0.4, 0.5) is 35.4 Å². The van der Waals surface area contributed by atoms with Gasteiger partial charge in [-0.05, 0) is 99.3 Å². The number of anilines is 3. The van der Waals surface area contributed by atoms with Crippen LogP contribution in [0.2, 0.25) is 0 Å². The number of likely N-dealkylation sites (tertiary alicyclic amines) is 1. The van der Waals surface area contributed by atoms with Gasteiger partial charge in [0.25, 0.3) is 0 Å². The summed E-state index contributed by atoms with van der Waals surface area (Å²) >= 11 is 0. The number of carbonyl (C=O) groups is 2. The van der Waals surface area contributed by atoms with Gasteiger partial charge in [0.15, 0.2) is 5.82 Å². The predicted molar refractivity (Wildman–Crippen MR) is 208 cm³/mol. The molecule has 0 aliphatic carbocycles. The van der Waals surface area contributed by atoms with Gasteiger partial charge in [-0.15, -0.1) is 0 Å². The SMILES string of the molecule is Cn1nc(N2CCC(=O)NC2=O)c2ccc(C3CCN(CC4CCN(c5cccc(S(=O)(=O)N6CCC(Nc7ncc(C(F)(F)F)cn7)CC6)c5)CC4)CC3)cc21. The fourth-order valence-electron chi connectivity index (χ4n) is 8.62. The summed E-state index contributed by atoms with van der Waals surface area (Å²) in [7, 11) is -1.85. The molecule has 0 radical (unpaired) electrons. The third-order valence-electron chi connectivity index (χ3n) is 11.9. The molecule has 4 saturated heterocycles. The molecule has 0 spiro atoms. The molecule has 14 nitrogen and oxygen atoms in total. The highest BCUT2D eigenvalue weighted by molar-refractivity contribution is 7.89. The molecule has 0 saturated carbocycles. The van der Waals surface area contributed by atoms with Crippen molar-refractivity contribution in [3.8, 4) is 0 Å². The first-order valence-electron chi connectivity index (χ1n) is 19.6. The molecule has 4 aliphatic heterocycles. The van der Waals surface area contributed by atoms with E-state index in [9.17, 15) is 31.2 Å². The Hall–Kier alpha value is -4.81. The van der Waals surface area contributed by atoms with Crippen LogP contribution >= 0.6 is 0 Å². The van der Waals surface area contributed by atoms with Crippen molar-refractivity contribution in [2.24, 2.45) is 13.0 Å². The third kappa shape index (κ3) is 8.43. The van der Waals surface area contributed by atoms with Gasteiger partial charge in [0, 0.05) is 82.2 Å². The molecule has 3 amide bonds. The van der Waals surface area contributed by atoms with E-state index in [-0.39, 0.29) is 42.3 Å². The lowest BCUT2D eigenvalue weighted by molar-refractivity contribution is -0.138. The summed E-state index contributed by atoms with van der Waals surface area (Å²) in [6.07, 6.45) is 2.36. The Morgan fingerprint density at radius 3 is 2.28 bits per heavy atom. The van der Waals surface area contributed by atoms with Crippen LogP contribution in [0.3, 0.4) is 0 Å². The Balaban J connectivity index is 0.799. The average Bonchev–Trinajstić information content (AvgIpc) is 3.53. The Morgan fingerprint density at radius 2 is 1.60 bits per heavy atom. The van der Waals surface area contributed by atoms with Gasteiger partial charge in [-0.2, -0.15) is 22.6 Å². The molecule has 18 heteroatoms. The number of piperidine rings is 3. The largest absolute Gasteiger partial charge is 0.419 e. The number of carbonyl (C=O) groups excluding carboxylic acids is 2. The van der Waals surface area contributed by atoms with Crippen LogP contribution in [0.15, 0.2) is 59.8 Å². The Kier molecular flexibility index (Phi) is 10.9. The zero-order valence-electron chi connectivity index (χ0n) is 31.8. The maximum Gasteiger partial charge on any atom is 0.419 e. The highest BCUT2D eigenvalue weighted by Crippen LogP contribution is 2.35. The van der Waals surface area contributed by atoms with E-state index in [0.717, 1.165) is 87.4 Å². The van der Waals surface area contributed by atoms with Gasteiger partial charge in [-0.3, -0.25) is 19.7 Å². The number of sulfonamides is 1. The minimum absolute atomic E-state index is 0.0879. The lowest BCUT2D eigenvalue weighted by Gasteiger charge is -2.38. The number of benzene rings is 2. The van der Waals surface area contributed by atoms with Crippen molar-refractivity contribution in [2.45, 2.75) is 68.0 Å². The third-order valence-corrected chi connectivity index (χ3v) is 13.8. The van der Waals surface area contributed by atoms with Gasteiger partial charge in [-0.1, -0.05) is 12.1 Å². The van der Waals surface area contributed by atoms with E-state index < -0.39 is 27.8 Å². The number of nitrogens with zero attached hydrogens (tertiary/aromatic N) is 8. The van der Waals surface area contributed by atoms with Gasteiger partial charge in [-0.25, -0.2) is 23.2 Å². The monoisotopic (exact) mass is 808 g/mol. The Labute approximate surface area is 329 Å². The van der Waals surface area contributed by atoms with Gasteiger partial charge in [0.2, 0.25) is 21.9 Å². The van der Waals surface area contributed by atoms with E-state index in [1.165, 1.54) is 14.8 Å². The van der Waals surface area contributed by atoms with Gasteiger partial charge in [0.1, 0.15) is 0 Å². The smallest absolute Gasteiger partial charge is 0.371 e. The number of urea groups is 1. The molecule has 2 aromatic heterocycles. The van der Waals surface area contributed by atoms with Gasteiger partial charge in [0.05, 0.1) is 16.0 Å². The molecule has 8 rings (SSSR count). The summed E-state index contributed by atoms with van der Waals surface area (Å²) in [5.74, 6) is 1.40. The Morgan fingerprint density at radius 1 is 0.877 bits per heavy atom. The van der Waals surface area contributed by atoms with E-state index in [0.29, 0.717) is 37.0 Å². The van der Waals surface area contributed by atoms with Crippen LogP contribution in [0.1, 0.15) is 62.0 Å². The molecule has 6 heterocycles. The van der Waals surface area contributed by atoms with Gasteiger partial charge >= 0.3 is 12.2 Å². The van der Waals surface area contributed by atoms with E-state index >= 15 is 0 Å². The second-order valence-electron chi connectivity index (χ2n) is 15.6. The number of aromatic nitrogens is 4. The number of rotatable bonds is 9. The highest BCUT2D eigenvalue weighted by Gasteiger charge is 2.34. The van der Waals surface area contributed by atoms with Crippen LogP contribution in [0, 0.1) is 5.92 Å². The lowest BCUT2D eigenvalue weighted by atomic mass is 9.88. The first-order chi connectivity index (χ1) is 27.3. The molecule has 57 heavy (non-hydrogen) atoms. The van der Waals surface area contributed by atoms with Crippen molar-refractivity contribution < 1.29 is 31.2 Å². The standard InChI is InChI=1S/C39H47F3N10O4S/c1-48-34-21-28(5-6-33(34)36(47-48)52-20-13-35(53)46-38(52)54)27-9-14-49(15-10-27)25-26-7-16-50(17-8-26)31-3-2-4-32(22-31)57(55,56)51-18-11-30(12-19-51)45-37-43-23-29(24-44-37)39(40,41)42/h2-6,21-24,26-27,30H,7-20,25H2,1H3,(H,43,44,45)(H,46,53,54). The molecule has 2 N–H and O–H groups in total. The maximum absolute atomic E-state index is 13.7. The number of hydrogen-bond acceptors (Lipinski definition) is 10. The molecule has 4 aliphatic rings. The zero-order valence-corrected chi connectivity index (χ0v) is 32.6. The van der Waals surface area contributed by atoms with Crippen LogP contribution in [0.5, 0.6) is 0 Å². The van der Waals surface area contributed by atoms with Crippen LogP contribution in [0.25, 0.3) is 10.9 Å². The summed E-state index contributed by atoms with van der Waals surface area (Å²) in [5.41, 5.74) is 2.23. The molecule has 0 unspecified atom stereocenters. The van der Waals surface area contributed by atoms with E-state index in [1.807, 2.05) is 17.8 Å². The molecule has 0 bridgehead atoms. The summed E-state index contributed by atoms with van der Waals surface area (Å²) in [4.78, 5) is 38.4. The summed E-state index contributed by atoms with van der Waals surface area (Å²) in [6, 6.07) is 13.0. The Bertz CT molecular complexity index is 2210. The number of amides is 3. The minimum atomic E-state index is -4.51. The molecule has 0 atom stereocenters. The molecular formula is C39H47F3N10O4S. The maximum atomic E-state index is 13.7. The van der Waals surface area contributed by atoms with Crippen molar-refractivity contribution in [3.05, 3.63) is 66.0 Å². The number of aryl methyl sites for hydroxylation is 1. The van der Waals surface area contributed by atoms with Crippen molar-refractivity contribution in [1.82, 2.24) is 34.3 Å². The minimum Gasteiger partial charge on any atom is -0.371 e. The number of alkyl halides is 3. The average molecular weight is 809 g/mol. The zero-order chi connectivity index (χ0) is 39.9. The second-order valence-corrected chi connectivity index (χ2v) is 17.5. The predicted octanol–water partition coefficient (Wildman–Crippen LogP) is 5.19. The van der Waals surface area contributed by atoms with Gasteiger partial charge < -0.3 is 15.1 Å². The van der Waals surface area contributed by atoms with E-state index in [4.69, 9.17) is 0 Å². The lowest BCUT2D eigenvalue weighted by Crippen LogP contribution is -2.49. The number of nitrogens with one attached hydrogen (secondary N) is 2. The van der Waals surface area contributed by atoms with Crippen LogP contribution in [-0.4, -0.2) is 108 Å². The first kappa shape index (κ1) is 39.0. The van der Waals surface area contributed by atoms with Crippen LogP contribution in [-0.2, 0) is 28.0 Å². The molecule has 304 valence electrons. The molecule has 2 aromatic carbocycles. The van der Waals surface area contributed by atoms with Crippen molar-refractivity contribution in [2.75, 3.05) is 67.5 Å². The number of hydrogen-bond donors (Lipinski definition) is 2. The van der Waals surface area contributed by atoms with E-state index in [2.05, 4.69) is 53.7 Å². The summed E-state index contributed by atoms with van der Waals surface area (Å²) < 4.78 is 69.2. The highest BCUT2D eigenvalue weighted by atomic mass is 32.2. The number of halogens is 3. The van der Waals surface area contributed by atoms with Crippen molar-refractivity contribution in [3.63, 3.8) is 0 Å². The topological polar surface area (TPSA) is 149 Å². The fourth-order valence-corrected chi connectivity index (χ4v) is 10.1. The molecule has 4 fully saturated rings. The summed E-state index contributed by atoms with van der Waals surface area (Å²) in [5, 5.41) is 11.0. The summed E-state index contributed by atoms with van der Waals surface area (Å²) in [6.45, 7) is 5.68.